The highest BCUT2D eigenvalue weighted by molar-refractivity contribution is 5.79. The van der Waals surface area contributed by atoms with Crippen molar-refractivity contribution in [3.8, 4) is 0 Å². The predicted molar refractivity (Wildman–Crippen MR) is 106 cm³/mol. The summed E-state index contributed by atoms with van der Waals surface area (Å²) in [5.41, 5.74) is 0.422. The molecule has 2 saturated heterocycles. The number of rotatable bonds is 2. The van der Waals surface area contributed by atoms with Crippen LogP contribution < -0.4 is 5.56 Å². The summed E-state index contributed by atoms with van der Waals surface area (Å²) in [6.45, 7) is 11.1. The van der Waals surface area contributed by atoms with E-state index in [1.807, 2.05) is 0 Å². The standard InChI is InChI=1S/C21H33N3O4/c1-13-16(19(27)23-14(2)22-13)11-18(26)24-8-6-21(7-9-24)12-15(25)10-17(28-21)20(3,4)5/h15,17,25H,6-12H2,1-5H3,(H,22,23,27)/t15-,17-/m1/s1. The Balaban J connectivity index is 1.65. The van der Waals surface area contributed by atoms with Gasteiger partial charge in [-0.05, 0) is 32.1 Å². The number of hydrogen-bond acceptors (Lipinski definition) is 5. The maximum atomic E-state index is 12.8. The second-order valence-corrected chi connectivity index (χ2v) is 9.52. The molecule has 3 rings (SSSR count). The van der Waals surface area contributed by atoms with Crippen LogP contribution >= 0.6 is 0 Å². The highest BCUT2D eigenvalue weighted by Crippen LogP contribution is 2.42. The molecule has 0 saturated carbocycles. The number of likely N-dealkylation sites (tertiary alicyclic amines) is 1. The van der Waals surface area contributed by atoms with Crippen molar-refractivity contribution >= 4 is 5.91 Å². The second-order valence-electron chi connectivity index (χ2n) is 9.52. The maximum absolute atomic E-state index is 12.8. The van der Waals surface area contributed by atoms with Crippen molar-refractivity contribution in [2.75, 3.05) is 13.1 Å². The third-order valence-corrected chi connectivity index (χ3v) is 6.15. The van der Waals surface area contributed by atoms with Crippen molar-refractivity contribution in [1.29, 1.82) is 0 Å². The number of amides is 1. The van der Waals surface area contributed by atoms with Crippen molar-refractivity contribution < 1.29 is 14.6 Å². The van der Waals surface area contributed by atoms with Crippen LogP contribution in [0.5, 0.6) is 0 Å². The minimum atomic E-state index is -0.361. The SMILES string of the molecule is Cc1nc(C)c(CC(=O)N2CCC3(CC2)C[C@H](O)C[C@H](C(C)(C)C)O3)c(=O)[nH]1. The molecule has 0 aromatic carbocycles. The maximum Gasteiger partial charge on any atom is 0.254 e. The van der Waals surface area contributed by atoms with Crippen molar-refractivity contribution in [2.24, 2.45) is 5.41 Å². The van der Waals surface area contributed by atoms with Gasteiger partial charge in [-0.25, -0.2) is 4.98 Å². The third-order valence-electron chi connectivity index (χ3n) is 6.15. The van der Waals surface area contributed by atoms with Gasteiger partial charge in [0.2, 0.25) is 5.91 Å². The highest BCUT2D eigenvalue weighted by atomic mass is 16.5. The van der Waals surface area contributed by atoms with Crippen LogP contribution in [0.2, 0.25) is 0 Å². The zero-order chi connectivity index (χ0) is 20.7. The summed E-state index contributed by atoms with van der Waals surface area (Å²) in [4.78, 5) is 33.7. The van der Waals surface area contributed by atoms with E-state index >= 15 is 0 Å². The lowest BCUT2D eigenvalue weighted by atomic mass is 9.76. The molecule has 0 bridgehead atoms. The molecule has 1 aromatic rings. The van der Waals surface area contributed by atoms with Crippen molar-refractivity contribution in [3.05, 3.63) is 27.4 Å². The Labute approximate surface area is 166 Å². The molecular weight excluding hydrogens is 358 g/mol. The van der Waals surface area contributed by atoms with Gasteiger partial charge in [0.05, 0.1) is 24.2 Å². The van der Waals surface area contributed by atoms with Gasteiger partial charge in [-0.2, -0.15) is 0 Å². The van der Waals surface area contributed by atoms with E-state index < -0.39 is 0 Å². The molecule has 156 valence electrons. The molecule has 2 N–H and O–H groups in total. The van der Waals surface area contributed by atoms with Gasteiger partial charge in [0.25, 0.3) is 5.56 Å². The molecule has 0 unspecified atom stereocenters. The van der Waals surface area contributed by atoms with E-state index in [9.17, 15) is 14.7 Å². The van der Waals surface area contributed by atoms with Crippen LogP contribution in [0.4, 0.5) is 0 Å². The van der Waals surface area contributed by atoms with Gasteiger partial charge in [-0.15, -0.1) is 0 Å². The molecule has 2 aliphatic heterocycles. The van der Waals surface area contributed by atoms with Crippen LogP contribution in [0.1, 0.15) is 63.5 Å². The monoisotopic (exact) mass is 391 g/mol. The van der Waals surface area contributed by atoms with Crippen molar-refractivity contribution in [2.45, 2.75) is 84.5 Å². The first-order valence-corrected chi connectivity index (χ1v) is 10.2. The van der Waals surface area contributed by atoms with Gasteiger partial charge in [-0.3, -0.25) is 9.59 Å². The molecule has 2 fully saturated rings. The summed E-state index contributed by atoms with van der Waals surface area (Å²) in [6.07, 6.45) is 2.43. The molecule has 1 aromatic heterocycles. The van der Waals surface area contributed by atoms with Crippen molar-refractivity contribution in [1.82, 2.24) is 14.9 Å². The van der Waals surface area contributed by atoms with Crippen molar-refractivity contribution in [3.63, 3.8) is 0 Å². The molecule has 2 aliphatic rings. The largest absolute Gasteiger partial charge is 0.393 e. The Morgan fingerprint density at radius 2 is 1.96 bits per heavy atom. The van der Waals surface area contributed by atoms with E-state index in [0.29, 0.717) is 55.9 Å². The predicted octanol–water partition coefficient (Wildman–Crippen LogP) is 1.88. The fraction of sp³-hybridized carbons (Fsp3) is 0.762. The van der Waals surface area contributed by atoms with Gasteiger partial charge < -0.3 is 19.7 Å². The Morgan fingerprint density at radius 3 is 2.54 bits per heavy atom. The summed E-state index contributed by atoms with van der Waals surface area (Å²) in [7, 11) is 0. The summed E-state index contributed by atoms with van der Waals surface area (Å²) in [6, 6.07) is 0. The fourth-order valence-electron chi connectivity index (χ4n) is 4.40. The number of H-pyrrole nitrogens is 1. The average Bonchev–Trinajstić information content (AvgIpc) is 2.57. The molecule has 2 atom stereocenters. The number of aryl methyl sites for hydroxylation is 2. The number of aliphatic hydroxyl groups excluding tert-OH is 1. The Morgan fingerprint density at radius 1 is 1.32 bits per heavy atom. The van der Waals surface area contributed by atoms with Crippen LogP contribution in [-0.2, 0) is 16.0 Å². The number of ether oxygens (including phenoxy) is 1. The van der Waals surface area contributed by atoms with E-state index in [2.05, 4.69) is 30.7 Å². The van der Waals surface area contributed by atoms with E-state index in [4.69, 9.17) is 4.74 Å². The van der Waals surface area contributed by atoms with E-state index in [-0.39, 0.29) is 41.1 Å². The first-order valence-electron chi connectivity index (χ1n) is 10.2. The molecule has 7 heteroatoms. The zero-order valence-corrected chi connectivity index (χ0v) is 17.7. The quantitative estimate of drug-likeness (QED) is 0.803. The lowest BCUT2D eigenvalue weighted by Gasteiger charge is -2.50. The average molecular weight is 392 g/mol. The molecular formula is C21H33N3O4. The second kappa shape index (κ2) is 7.59. The minimum absolute atomic E-state index is 0.0124. The molecule has 28 heavy (non-hydrogen) atoms. The van der Waals surface area contributed by atoms with Gasteiger partial charge in [0, 0.05) is 37.2 Å². The normalized spacial score (nSPS) is 25.1. The van der Waals surface area contributed by atoms with Gasteiger partial charge in [-0.1, -0.05) is 20.8 Å². The van der Waals surface area contributed by atoms with Crippen LogP contribution in [0.15, 0.2) is 4.79 Å². The molecule has 3 heterocycles. The summed E-state index contributed by atoms with van der Waals surface area (Å²) < 4.78 is 6.48. The molecule has 0 aliphatic carbocycles. The number of carbonyl (C=O) groups excluding carboxylic acids is 1. The number of piperidine rings is 1. The smallest absolute Gasteiger partial charge is 0.254 e. The molecule has 1 amide bonds. The number of aliphatic hydroxyl groups is 1. The van der Waals surface area contributed by atoms with E-state index in [1.54, 1.807) is 18.7 Å². The highest BCUT2D eigenvalue weighted by Gasteiger charge is 2.46. The van der Waals surface area contributed by atoms with E-state index in [0.717, 1.165) is 0 Å². The Bertz CT molecular complexity index is 788. The Hall–Kier alpha value is -1.73. The molecule has 0 radical (unpaired) electrons. The summed E-state index contributed by atoms with van der Waals surface area (Å²) >= 11 is 0. The van der Waals surface area contributed by atoms with Crippen LogP contribution in [0, 0.1) is 19.3 Å². The topological polar surface area (TPSA) is 95.5 Å². The minimum Gasteiger partial charge on any atom is -0.393 e. The first-order chi connectivity index (χ1) is 13.0. The van der Waals surface area contributed by atoms with Gasteiger partial charge in [0.1, 0.15) is 5.82 Å². The first kappa shape index (κ1) is 21.0. The summed E-state index contributed by atoms with van der Waals surface area (Å²) in [5, 5.41) is 10.4. The van der Waals surface area contributed by atoms with Crippen LogP contribution in [0.3, 0.4) is 0 Å². The van der Waals surface area contributed by atoms with Crippen LogP contribution in [-0.4, -0.2) is 56.8 Å². The lowest BCUT2D eigenvalue weighted by Crippen LogP contribution is -2.56. The lowest BCUT2D eigenvalue weighted by molar-refractivity contribution is -0.207. The summed E-state index contributed by atoms with van der Waals surface area (Å²) in [5.74, 6) is 0.498. The van der Waals surface area contributed by atoms with Gasteiger partial charge >= 0.3 is 0 Å². The molecule has 7 nitrogen and oxygen atoms in total. The number of hydrogen-bond donors (Lipinski definition) is 2. The Kier molecular flexibility index (Phi) is 5.69. The van der Waals surface area contributed by atoms with Crippen LogP contribution in [0.25, 0.3) is 0 Å². The number of carbonyl (C=O) groups is 1. The third kappa shape index (κ3) is 4.46. The van der Waals surface area contributed by atoms with Gasteiger partial charge in [0.15, 0.2) is 0 Å². The number of nitrogens with one attached hydrogen (secondary N) is 1. The number of aromatic nitrogens is 2. The number of aromatic amines is 1. The van der Waals surface area contributed by atoms with E-state index in [1.165, 1.54) is 0 Å². The number of nitrogens with zero attached hydrogens (tertiary/aromatic N) is 2. The molecule has 1 spiro atoms. The fourth-order valence-corrected chi connectivity index (χ4v) is 4.40. The zero-order valence-electron chi connectivity index (χ0n) is 17.7.